The van der Waals surface area contributed by atoms with E-state index in [0.717, 1.165) is 11.8 Å². The maximum atomic E-state index is 7.74. The normalized spacial score (nSPS) is 9.00. The van der Waals surface area contributed by atoms with Gasteiger partial charge in [0.15, 0.2) is 0 Å². The van der Waals surface area contributed by atoms with Crippen molar-refractivity contribution in [3.05, 3.63) is 0 Å². The van der Waals surface area contributed by atoms with Crippen LogP contribution in [0.15, 0.2) is 3.96 Å². The number of aromatic nitrogens is 1. The lowest BCUT2D eigenvalue weighted by Gasteiger charge is -1.47. The summed E-state index contributed by atoms with van der Waals surface area (Å²) < 4.78 is 4.68. The van der Waals surface area contributed by atoms with E-state index in [-0.39, 0.29) is 0 Å². The van der Waals surface area contributed by atoms with Crippen molar-refractivity contribution in [3.63, 3.8) is 0 Å². The van der Waals surface area contributed by atoms with Gasteiger partial charge in [-0.1, -0.05) is 0 Å². The second kappa shape index (κ2) is 0.322. The van der Waals surface area contributed by atoms with Gasteiger partial charge in [0.25, 0.3) is 0 Å². The molecule has 0 aliphatic heterocycles. The molecular weight excluding hydrogens is 78.1 g/mol. The van der Waals surface area contributed by atoms with Gasteiger partial charge >= 0.3 is 0 Å². The van der Waals surface area contributed by atoms with Gasteiger partial charge in [0.05, 0.1) is 4.29 Å². The van der Waals surface area contributed by atoms with Crippen LogP contribution in [0.1, 0.15) is 0 Å². The zero-order valence-electron chi connectivity index (χ0n) is 1.71. The summed E-state index contributed by atoms with van der Waals surface area (Å²) >= 11 is 0.912. The maximum absolute atomic E-state index is 7.74. The first-order valence-electron chi connectivity index (χ1n) is 0.732. The molecule has 0 aliphatic rings. The highest BCUT2D eigenvalue weighted by atomic mass is 32.1. The molecule has 0 fully saturated rings. The van der Waals surface area contributed by atoms with Crippen molar-refractivity contribution >= 4 is 11.8 Å². The first-order chi connectivity index (χ1) is 1.89. The molecule has 0 radical (unpaired) electrons. The second-order valence-electron chi connectivity index (χ2n) is 0.387. The van der Waals surface area contributed by atoms with Gasteiger partial charge in [-0.25, -0.2) is 3.96 Å². The molecule has 4 heteroatoms. The zero-order chi connectivity index (χ0) is 2.99. The molecule has 0 saturated carbocycles. The van der Waals surface area contributed by atoms with Gasteiger partial charge < -0.3 is 5.21 Å². The lowest BCUT2D eigenvalue weighted by atomic mass is 13.4. The molecule has 0 amide bonds. The molecule has 3 nitrogen and oxygen atoms in total. The molecule has 0 aliphatic carbocycles. The van der Waals surface area contributed by atoms with Gasteiger partial charge in [-0.3, -0.25) is 0 Å². The number of hydrogen-bond donors (Lipinski definition) is 1. The van der Waals surface area contributed by atoms with Crippen molar-refractivity contribution < 1.29 is 9.16 Å². The van der Waals surface area contributed by atoms with Gasteiger partial charge in [0.2, 0.25) is 11.8 Å². The Balaban J connectivity index is 2.81. The summed E-state index contributed by atoms with van der Waals surface area (Å²) in [6.07, 6.45) is 0. The fraction of sp³-hybridized carbons (Fsp3) is 0. The number of hydrogen-bond acceptors (Lipinski definition) is 3. The Bertz CT molecular complexity index is 64.6. The van der Waals surface area contributed by atoms with Crippen LogP contribution in [0.3, 0.4) is 0 Å². The maximum Gasteiger partial charge on any atom is 0.236 e. The highest BCUT2D eigenvalue weighted by Crippen LogP contribution is 1.96. The topological polar surface area (TPSA) is 38.3 Å². The van der Waals surface area contributed by atoms with E-state index in [9.17, 15) is 0 Å². The fourth-order valence-corrected chi connectivity index (χ4v) is 0.0447. The first kappa shape index (κ1) is 1.90. The Morgan fingerprint density at radius 1 is 2.00 bits per heavy atom. The summed E-state index contributed by atoms with van der Waals surface area (Å²) in [6, 6.07) is 0. The average Bonchev–Trinajstić information content (AvgIpc) is 1.75. The molecule has 1 N–H and O–H groups in total. The Morgan fingerprint density at radius 3 is 2.25 bits per heavy atom. The quantitative estimate of drug-likeness (QED) is 0.456. The molecule has 24 valence electrons. The number of rotatable bonds is 0. The Hall–Kier alpha value is -0.380. The van der Waals surface area contributed by atoms with E-state index in [4.69, 9.17) is 5.21 Å². The van der Waals surface area contributed by atoms with Crippen LogP contribution in [-0.4, -0.2) is 9.50 Å². The standard InChI is InChI=1S/HNO2S/c2-1-3-4-1/h2H. The summed E-state index contributed by atoms with van der Waals surface area (Å²) in [5, 5.41) is 7.74. The second-order valence-corrected chi connectivity index (χ2v) is 0.997. The molecule has 1 heterocycles. The summed E-state index contributed by atoms with van der Waals surface area (Å²) in [5.74, 6) is 0. The van der Waals surface area contributed by atoms with Crippen molar-refractivity contribution in [2.75, 3.05) is 0 Å². The lowest BCUT2D eigenvalue weighted by molar-refractivity contribution is 0.111. The van der Waals surface area contributed by atoms with Crippen LogP contribution < -0.4 is 0 Å². The highest BCUT2D eigenvalue weighted by molar-refractivity contribution is 6.99. The Labute approximate surface area is 26.3 Å². The van der Waals surface area contributed by atoms with Gasteiger partial charge in [-0.05, 0) is 0 Å². The Kier molecular flexibility index (Phi) is 0.153. The largest absolute Gasteiger partial charge is 0.389 e. The minimum atomic E-state index is 0.667. The van der Waals surface area contributed by atoms with Crippen LogP contribution in [0.5, 0.6) is 0 Å². The highest BCUT2D eigenvalue weighted by Gasteiger charge is 1.84. The Morgan fingerprint density at radius 2 is 2.25 bits per heavy atom. The predicted molar refractivity (Wildman–Crippen MR) is 11.8 cm³/mol. The lowest BCUT2D eigenvalue weighted by Crippen LogP contribution is -1.58. The SMILES string of the molecule is On1os1. The van der Waals surface area contributed by atoms with Crippen LogP contribution >= 0.6 is 11.8 Å². The van der Waals surface area contributed by atoms with Gasteiger partial charge in [0, 0.05) is 0 Å². The van der Waals surface area contributed by atoms with Crippen LogP contribution in [0.4, 0.5) is 0 Å². The smallest absolute Gasteiger partial charge is 0.236 e. The van der Waals surface area contributed by atoms with Crippen molar-refractivity contribution in [1.82, 2.24) is 4.29 Å². The third-order valence-electron chi connectivity index (χ3n) is 0.141. The van der Waals surface area contributed by atoms with E-state index in [1.54, 1.807) is 0 Å². The van der Waals surface area contributed by atoms with Crippen molar-refractivity contribution in [3.8, 4) is 0 Å². The molecule has 1 aromatic heterocycles. The summed E-state index contributed by atoms with van der Waals surface area (Å²) in [6.45, 7) is 0. The minimum absolute atomic E-state index is 0.667. The summed E-state index contributed by atoms with van der Waals surface area (Å²) in [5.41, 5.74) is 0. The predicted octanol–water partition coefficient (Wildman–Crippen LogP) is 0.380. The van der Waals surface area contributed by atoms with E-state index >= 15 is 0 Å². The van der Waals surface area contributed by atoms with Crippen LogP contribution in [0.2, 0.25) is 0 Å². The monoisotopic (exact) mass is 79.0 g/mol. The average molecular weight is 79.1 g/mol. The van der Waals surface area contributed by atoms with E-state index in [2.05, 4.69) is 3.96 Å². The third-order valence-corrected chi connectivity index (χ3v) is 0.424. The van der Waals surface area contributed by atoms with Crippen molar-refractivity contribution in [2.45, 2.75) is 0 Å². The van der Waals surface area contributed by atoms with Crippen molar-refractivity contribution in [1.29, 1.82) is 0 Å². The van der Waals surface area contributed by atoms with E-state index < -0.39 is 0 Å². The third kappa shape index (κ3) is 0.0907. The fourth-order valence-electron chi connectivity index (χ4n) is 0.0149. The van der Waals surface area contributed by atoms with Crippen LogP contribution in [0.25, 0.3) is 0 Å². The summed E-state index contributed by atoms with van der Waals surface area (Å²) in [7, 11) is 0. The molecule has 0 atom stereocenters. The van der Waals surface area contributed by atoms with Gasteiger partial charge in [0.1, 0.15) is 0 Å². The summed E-state index contributed by atoms with van der Waals surface area (Å²) in [4.78, 5) is 0. The molecule has 4 heavy (non-hydrogen) atoms. The van der Waals surface area contributed by atoms with E-state index in [0.29, 0.717) is 4.29 Å². The molecule has 0 aromatic carbocycles. The molecule has 0 bridgehead atoms. The molecule has 0 saturated heterocycles. The number of nitrogens with zero attached hydrogens (tertiary/aromatic N) is 1. The molecule has 0 unspecified atom stereocenters. The molecular formula is HNO2S. The van der Waals surface area contributed by atoms with Crippen molar-refractivity contribution in [2.24, 2.45) is 0 Å². The molecule has 0 spiro atoms. The first-order valence-corrected chi connectivity index (χ1v) is 1.43. The van der Waals surface area contributed by atoms with Gasteiger partial charge in [-0.15, -0.1) is 0 Å². The molecule has 1 aromatic rings. The minimum Gasteiger partial charge on any atom is -0.389 e. The van der Waals surface area contributed by atoms with Gasteiger partial charge in [-0.2, -0.15) is 0 Å². The van der Waals surface area contributed by atoms with Crippen LogP contribution in [-0.2, 0) is 0 Å². The zero-order valence-corrected chi connectivity index (χ0v) is 2.53. The van der Waals surface area contributed by atoms with E-state index in [1.165, 1.54) is 0 Å². The van der Waals surface area contributed by atoms with Crippen LogP contribution in [0, 0.1) is 0 Å². The van der Waals surface area contributed by atoms with E-state index in [1.807, 2.05) is 0 Å². The molecule has 1 rings (SSSR count).